The van der Waals surface area contributed by atoms with Crippen LogP contribution in [0.3, 0.4) is 0 Å². The van der Waals surface area contributed by atoms with Crippen LogP contribution in [-0.2, 0) is 5.41 Å². The number of hydrogen-bond donors (Lipinski definition) is 0. The average Bonchev–Trinajstić information content (AvgIpc) is 1.07. The molecule has 0 unspecified atom stereocenters. The highest BCUT2D eigenvalue weighted by molar-refractivity contribution is 7.00. The van der Waals surface area contributed by atoms with E-state index in [0.29, 0.717) is 0 Å². The van der Waals surface area contributed by atoms with Crippen LogP contribution in [0.4, 0.5) is 34.1 Å². The largest absolute Gasteiger partial charge is 0.310 e. The summed E-state index contributed by atoms with van der Waals surface area (Å²) in [5, 5.41) is 9.74. The molecule has 4 nitrogen and oxygen atoms in total. The fourth-order valence-corrected chi connectivity index (χ4v) is 17.7. The molecule has 0 amide bonds. The summed E-state index contributed by atoms with van der Waals surface area (Å²) in [4.78, 5) is 5.45. The van der Waals surface area contributed by atoms with Crippen molar-refractivity contribution in [2.75, 3.05) is 9.80 Å². The third kappa shape index (κ3) is 10.1. The van der Waals surface area contributed by atoms with Crippen molar-refractivity contribution in [3.05, 3.63) is 382 Å². The summed E-state index contributed by atoms with van der Waals surface area (Å²) in [5.41, 5.74) is 31.7. The molecule has 0 atom stereocenters. The Morgan fingerprint density at radius 1 is 0.234 bits per heavy atom. The average molecular weight is 1360 g/mol. The molecular weight excluding hydrogens is 1290 g/mol. The number of benzene rings is 17. The number of rotatable bonds is 10. The Hall–Kier alpha value is -13.5. The summed E-state index contributed by atoms with van der Waals surface area (Å²) in [6.07, 6.45) is 0. The number of fused-ring (bicyclic) bond motifs is 12. The van der Waals surface area contributed by atoms with Crippen LogP contribution in [0.5, 0.6) is 0 Å². The van der Waals surface area contributed by atoms with Gasteiger partial charge in [0.05, 0.1) is 33.4 Å². The molecule has 0 bridgehead atoms. The summed E-state index contributed by atoms with van der Waals surface area (Å²) in [6.45, 7) is 6.92. The van der Waals surface area contributed by atoms with E-state index >= 15 is 0 Å². The highest BCUT2D eigenvalue weighted by atomic mass is 15.2. The van der Waals surface area contributed by atoms with Gasteiger partial charge in [0.1, 0.15) is 0 Å². The number of nitrogens with zero attached hydrogens (tertiary/aromatic N) is 4. The maximum Gasteiger partial charge on any atom is 0.252 e. The first kappa shape index (κ1) is 62.1. The lowest BCUT2D eigenvalue weighted by Crippen LogP contribution is -2.61. The Kier molecular flexibility index (Phi) is 14.3. The molecule has 0 spiro atoms. The van der Waals surface area contributed by atoms with Gasteiger partial charge < -0.3 is 18.9 Å². The van der Waals surface area contributed by atoms with Gasteiger partial charge in [0.25, 0.3) is 6.71 Å². The number of aromatic nitrogens is 2. The van der Waals surface area contributed by atoms with Crippen molar-refractivity contribution in [1.82, 2.24) is 9.13 Å². The first-order valence-corrected chi connectivity index (χ1v) is 37.3. The zero-order valence-electron chi connectivity index (χ0n) is 59.7. The summed E-state index contributed by atoms with van der Waals surface area (Å²) >= 11 is 0. The first-order chi connectivity index (χ1) is 52.7. The van der Waals surface area contributed by atoms with E-state index in [4.69, 9.17) is 0 Å². The van der Waals surface area contributed by atoms with Crippen LogP contribution >= 0.6 is 0 Å². The van der Waals surface area contributed by atoms with Crippen molar-refractivity contribution in [3.8, 4) is 78.1 Å². The molecule has 107 heavy (non-hydrogen) atoms. The first-order valence-electron chi connectivity index (χ1n) is 37.3. The van der Waals surface area contributed by atoms with Crippen molar-refractivity contribution in [3.63, 3.8) is 0 Å². The Morgan fingerprint density at radius 3 is 0.888 bits per heavy atom. The molecule has 2 aromatic heterocycles. The minimum atomic E-state index is -0.358. The van der Waals surface area contributed by atoms with Crippen LogP contribution in [0.25, 0.3) is 143 Å². The normalized spacial score (nSPS) is 12.6. The molecule has 0 fully saturated rings. The molecule has 5 heteroatoms. The minimum Gasteiger partial charge on any atom is -0.310 e. The minimum absolute atomic E-state index is 0.272. The van der Waals surface area contributed by atoms with E-state index < -0.39 is 0 Å². The second-order valence-electron chi connectivity index (χ2n) is 29.9. The number of para-hydroxylation sites is 2. The van der Waals surface area contributed by atoms with E-state index in [1.165, 1.54) is 65.0 Å². The highest BCUT2D eigenvalue weighted by Crippen LogP contribution is 2.56. The summed E-state index contributed by atoms with van der Waals surface area (Å²) < 4.78 is 5.06. The highest BCUT2D eigenvalue weighted by Gasteiger charge is 2.46. The van der Waals surface area contributed by atoms with Crippen molar-refractivity contribution in [2.24, 2.45) is 0 Å². The van der Waals surface area contributed by atoms with E-state index in [1.807, 2.05) is 0 Å². The molecule has 2 aliphatic rings. The monoisotopic (exact) mass is 1360 g/mol. The quantitative estimate of drug-likeness (QED) is 0.127. The topological polar surface area (TPSA) is 16.3 Å². The molecule has 4 heterocycles. The van der Waals surface area contributed by atoms with Gasteiger partial charge in [-0.3, -0.25) is 0 Å². The molecule has 19 aromatic rings. The van der Waals surface area contributed by atoms with Gasteiger partial charge in [-0.1, -0.05) is 300 Å². The van der Waals surface area contributed by atoms with Gasteiger partial charge in [0.15, 0.2) is 0 Å². The van der Waals surface area contributed by atoms with Crippen molar-refractivity contribution in [1.29, 1.82) is 0 Å². The Balaban J connectivity index is 0.943. The lowest BCUT2D eigenvalue weighted by Gasteiger charge is -2.46. The molecule has 0 saturated carbocycles. The Bertz CT molecular complexity index is 6250. The van der Waals surface area contributed by atoms with Crippen LogP contribution in [0, 0.1) is 0 Å². The molecule has 502 valence electrons. The second-order valence-corrected chi connectivity index (χ2v) is 29.9. The molecule has 0 N–H and O–H groups in total. The van der Waals surface area contributed by atoms with Crippen molar-refractivity contribution >= 4 is 122 Å². The number of anilines is 6. The van der Waals surface area contributed by atoms with Crippen LogP contribution in [0.2, 0.25) is 0 Å². The molecular formula is C102H71BN4. The summed E-state index contributed by atoms with van der Waals surface area (Å²) in [7, 11) is 0. The van der Waals surface area contributed by atoms with Crippen molar-refractivity contribution in [2.45, 2.75) is 26.2 Å². The van der Waals surface area contributed by atoms with Gasteiger partial charge in [-0.2, -0.15) is 0 Å². The Labute approximate surface area is 623 Å². The van der Waals surface area contributed by atoms with Crippen LogP contribution in [0.15, 0.2) is 376 Å². The zero-order valence-corrected chi connectivity index (χ0v) is 59.7. The summed E-state index contributed by atoms with van der Waals surface area (Å²) in [5.74, 6) is 0. The standard InChI is InChI=1S/C102H71BN4/c1-102(2,3)78-62-97-99-98(63-78)107(101-85(70-38-18-8-19-39-70)58-77(67-32-12-5-13-33-67)59-86(101)71-40-20-9-21-41-71)96-65-80(105-92-49-29-27-47-82(92)88-55-73-43-23-25-45-75(73)61-94(88)105)51-53-90(96)103(99)89-52-50-79(104-91-48-28-26-46-81(91)87-54-72-42-22-24-44-74(72)60-93(87)104)64-95(89)106(97)100-83(68-34-14-6-15-35-68)56-76(66-30-10-4-11-31-66)57-84(100)69-36-16-7-17-37-69/h4-65H,1-3H3. The third-order valence-corrected chi connectivity index (χ3v) is 22.7. The van der Waals surface area contributed by atoms with Gasteiger partial charge in [-0.25, -0.2) is 0 Å². The van der Waals surface area contributed by atoms with Gasteiger partial charge in [-0.15, -0.1) is 0 Å². The van der Waals surface area contributed by atoms with Crippen LogP contribution in [-0.4, -0.2) is 15.8 Å². The van der Waals surface area contributed by atoms with Gasteiger partial charge in [-0.05, 0) is 190 Å². The maximum absolute atomic E-state index is 2.72. The smallest absolute Gasteiger partial charge is 0.252 e. The van der Waals surface area contributed by atoms with Gasteiger partial charge in [0, 0.05) is 77.9 Å². The maximum atomic E-state index is 2.72. The SMILES string of the molecule is CC(C)(C)c1cc2c3c(c1)N(c1c(-c4ccccc4)cc(-c4ccccc4)cc1-c1ccccc1)c1cc(-n4c5ccccc5c5cc6ccccc6cc54)ccc1B3c1ccc(-n3c4ccccc4c4cc5ccccc5cc43)cc1N2c1c(-c2ccccc2)cc(-c2ccccc2)cc1-c1ccccc1. The van der Waals surface area contributed by atoms with Gasteiger partial charge in [0.2, 0.25) is 0 Å². The van der Waals surface area contributed by atoms with E-state index in [0.717, 1.165) is 134 Å². The van der Waals surface area contributed by atoms with E-state index in [2.05, 4.69) is 416 Å². The molecule has 0 saturated heterocycles. The summed E-state index contributed by atoms with van der Waals surface area (Å²) in [6, 6.07) is 142. The van der Waals surface area contributed by atoms with Crippen LogP contribution < -0.4 is 26.2 Å². The van der Waals surface area contributed by atoms with Crippen LogP contribution in [0.1, 0.15) is 26.3 Å². The zero-order chi connectivity index (χ0) is 71.0. The van der Waals surface area contributed by atoms with E-state index in [9.17, 15) is 0 Å². The third-order valence-electron chi connectivity index (χ3n) is 22.7. The molecule has 17 aromatic carbocycles. The fraction of sp³-hybridized carbons (Fsp3) is 0.0392. The predicted octanol–water partition coefficient (Wildman–Crippen LogP) is 25.6. The second kappa shape index (κ2) is 24.6. The lowest BCUT2D eigenvalue weighted by atomic mass is 9.33. The fourth-order valence-electron chi connectivity index (χ4n) is 17.7. The molecule has 0 aliphatic carbocycles. The van der Waals surface area contributed by atoms with E-state index in [-0.39, 0.29) is 12.1 Å². The van der Waals surface area contributed by atoms with Crippen molar-refractivity contribution < 1.29 is 0 Å². The number of hydrogen-bond acceptors (Lipinski definition) is 2. The molecule has 21 rings (SSSR count). The molecule has 2 aliphatic heterocycles. The Morgan fingerprint density at radius 2 is 0.542 bits per heavy atom. The predicted molar refractivity (Wildman–Crippen MR) is 455 cm³/mol. The van der Waals surface area contributed by atoms with E-state index in [1.54, 1.807) is 0 Å². The molecule has 0 radical (unpaired) electrons. The van der Waals surface area contributed by atoms with Gasteiger partial charge >= 0.3 is 0 Å². The lowest BCUT2D eigenvalue weighted by molar-refractivity contribution is 0.590.